The minimum absolute atomic E-state index is 0.0803. The highest BCUT2D eigenvalue weighted by molar-refractivity contribution is 5.75. The van der Waals surface area contributed by atoms with Gasteiger partial charge in [0.25, 0.3) is 0 Å². The number of carboxylic acids is 1. The molecule has 0 aliphatic carbocycles. The van der Waals surface area contributed by atoms with Gasteiger partial charge in [-0.15, -0.1) is 0 Å². The molecule has 1 aromatic carbocycles. The van der Waals surface area contributed by atoms with Gasteiger partial charge in [-0.1, -0.05) is 38.3 Å². The minimum atomic E-state index is -0.872. The van der Waals surface area contributed by atoms with Gasteiger partial charge in [0.05, 0.1) is 5.92 Å². The molecule has 5 nitrogen and oxygen atoms in total. The Bertz CT molecular complexity index is 484. The van der Waals surface area contributed by atoms with Crippen LogP contribution in [-0.4, -0.2) is 23.6 Å². The summed E-state index contributed by atoms with van der Waals surface area (Å²) in [6, 6.07) is 7.32. The SMILES string of the molecule is CCCCCCC(=O)NCc1ccc(OCC(C)C(=O)O)cc1. The number of amides is 1. The van der Waals surface area contributed by atoms with Crippen molar-refractivity contribution in [3.8, 4) is 5.75 Å². The zero-order valence-corrected chi connectivity index (χ0v) is 14.0. The molecular formula is C18H27NO4. The summed E-state index contributed by atoms with van der Waals surface area (Å²) < 4.78 is 5.42. The Hall–Kier alpha value is -2.04. The topological polar surface area (TPSA) is 75.6 Å². The first-order valence-electron chi connectivity index (χ1n) is 8.24. The van der Waals surface area contributed by atoms with Crippen molar-refractivity contribution >= 4 is 11.9 Å². The molecule has 0 bridgehead atoms. The van der Waals surface area contributed by atoms with E-state index < -0.39 is 11.9 Å². The molecular weight excluding hydrogens is 294 g/mol. The molecule has 0 saturated carbocycles. The number of nitrogens with one attached hydrogen (secondary N) is 1. The lowest BCUT2D eigenvalue weighted by Gasteiger charge is -2.10. The lowest BCUT2D eigenvalue weighted by molar-refractivity contribution is -0.142. The molecule has 0 radical (unpaired) electrons. The van der Waals surface area contributed by atoms with Gasteiger partial charge in [0.1, 0.15) is 12.4 Å². The highest BCUT2D eigenvalue weighted by Gasteiger charge is 2.11. The maximum absolute atomic E-state index is 11.7. The van der Waals surface area contributed by atoms with Crippen molar-refractivity contribution in [3.05, 3.63) is 29.8 Å². The number of aliphatic carboxylic acids is 1. The van der Waals surface area contributed by atoms with Gasteiger partial charge in [-0.05, 0) is 31.0 Å². The Balaban J connectivity index is 2.28. The van der Waals surface area contributed by atoms with E-state index in [1.54, 1.807) is 19.1 Å². The van der Waals surface area contributed by atoms with Gasteiger partial charge in [0.15, 0.2) is 0 Å². The van der Waals surface area contributed by atoms with Crippen LogP contribution >= 0.6 is 0 Å². The van der Waals surface area contributed by atoms with Gasteiger partial charge in [-0.25, -0.2) is 0 Å². The predicted octanol–water partition coefficient (Wildman–Crippen LogP) is 3.37. The van der Waals surface area contributed by atoms with Crippen LogP contribution in [0.5, 0.6) is 5.75 Å². The largest absolute Gasteiger partial charge is 0.493 e. The number of ether oxygens (including phenoxy) is 1. The van der Waals surface area contributed by atoms with Gasteiger partial charge < -0.3 is 15.2 Å². The normalized spacial score (nSPS) is 11.7. The van der Waals surface area contributed by atoms with Crippen LogP contribution in [0.3, 0.4) is 0 Å². The zero-order valence-electron chi connectivity index (χ0n) is 14.0. The molecule has 0 heterocycles. The molecule has 0 saturated heterocycles. The van der Waals surface area contributed by atoms with E-state index in [-0.39, 0.29) is 12.5 Å². The Labute approximate surface area is 138 Å². The maximum Gasteiger partial charge on any atom is 0.309 e. The standard InChI is InChI=1S/C18H27NO4/c1-3-4-5-6-7-17(20)19-12-15-8-10-16(11-9-15)23-13-14(2)18(21)22/h8-11,14H,3-7,12-13H2,1-2H3,(H,19,20)(H,21,22). The predicted molar refractivity (Wildman–Crippen MR) is 89.3 cm³/mol. The third-order valence-electron chi connectivity index (χ3n) is 3.59. The summed E-state index contributed by atoms with van der Waals surface area (Å²) in [5, 5.41) is 11.7. The minimum Gasteiger partial charge on any atom is -0.493 e. The van der Waals surface area contributed by atoms with Gasteiger partial charge in [-0.3, -0.25) is 9.59 Å². The average Bonchev–Trinajstić information content (AvgIpc) is 2.55. The molecule has 1 rings (SSSR count). The number of benzene rings is 1. The van der Waals surface area contributed by atoms with E-state index in [4.69, 9.17) is 9.84 Å². The first kappa shape index (κ1) is 19.0. The van der Waals surface area contributed by atoms with E-state index in [0.717, 1.165) is 18.4 Å². The molecule has 1 unspecified atom stereocenters. The van der Waals surface area contributed by atoms with Crippen molar-refractivity contribution in [3.63, 3.8) is 0 Å². The summed E-state index contributed by atoms with van der Waals surface area (Å²) in [5.74, 6) is -0.700. The van der Waals surface area contributed by atoms with Crippen molar-refractivity contribution in [1.29, 1.82) is 0 Å². The smallest absolute Gasteiger partial charge is 0.309 e. The number of hydrogen-bond donors (Lipinski definition) is 2. The van der Waals surface area contributed by atoms with E-state index in [0.29, 0.717) is 18.7 Å². The second-order valence-corrected chi connectivity index (χ2v) is 5.78. The lowest BCUT2D eigenvalue weighted by atomic mass is 10.1. The molecule has 128 valence electrons. The second-order valence-electron chi connectivity index (χ2n) is 5.78. The number of carbonyl (C=O) groups is 2. The van der Waals surface area contributed by atoms with Crippen molar-refractivity contribution < 1.29 is 19.4 Å². The van der Waals surface area contributed by atoms with Crippen LogP contribution < -0.4 is 10.1 Å². The Kier molecular flexibility index (Phi) is 8.80. The van der Waals surface area contributed by atoms with Crippen LogP contribution in [0.4, 0.5) is 0 Å². The summed E-state index contributed by atoms with van der Waals surface area (Å²) >= 11 is 0. The summed E-state index contributed by atoms with van der Waals surface area (Å²) in [6.07, 6.45) is 4.96. The Morgan fingerprint density at radius 2 is 1.87 bits per heavy atom. The summed E-state index contributed by atoms with van der Waals surface area (Å²) in [6.45, 7) is 4.39. The number of carbonyl (C=O) groups excluding carboxylic acids is 1. The van der Waals surface area contributed by atoms with Crippen molar-refractivity contribution in [2.24, 2.45) is 5.92 Å². The zero-order chi connectivity index (χ0) is 17.1. The van der Waals surface area contributed by atoms with Gasteiger partial charge in [0, 0.05) is 13.0 Å². The highest BCUT2D eigenvalue weighted by atomic mass is 16.5. The van der Waals surface area contributed by atoms with Crippen LogP contribution in [0.25, 0.3) is 0 Å². The summed E-state index contributed by atoms with van der Waals surface area (Å²) in [4.78, 5) is 22.4. The molecule has 1 atom stereocenters. The first-order valence-corrected chi connectivity index (χ1v) is 8.24. The summed E-state index contributed by atoms with van der Waals surface area (Å²) in [5.41, 5.74) is 0.991. The third kappa shape index (κ3) is 8.24. The van der Waals surface area contributed by atoms with Crippen molar-refractivity contribution in [2.45, 2.75) is 52.5 Å². The number of hydrogen-bond acceptors (Lipinski definition) is 3. The fraction of sp³-hybridized carbons (Fsp3) is 0.556. The molecule has 2 N–H and O–H groups in total. The van der Waals surface area contributed by atoms with E-state index in [9.17, 15) is 9.59 Å². The molecule has 0 spiro atoms. The lowest BCUT2D eigenvalue weighted by Crippen LogP contribution is -2.22. The molecule has 23 heavy (non-hydrogen) atoms. The molecule has 0 aromatic heterocycles. The van der Waals surface area contributed by atoms with Gasteiger partial charge >= 0.3 is 5.97 Å². The van der Waals surface area contributed by atoms with Crippen LogP contribution in [0.15, 0.2) is 24.3 Å². The Morgan fingerprint density at radius 3 is 2.48 bits per heavy atom. The highest BCUT2D eigenvalue weighted by Crippen LogP contribution is 2.13. The van der Waals surface area contributed by atoms with E-state index in [1.165, 1.54) is 12.8 Å². The summed E-state index contributed by atoms with van der Waals surface area (Å²) in [7, 11) is 0. The maximum atomic E-state index is 11.7. The van der Waals surface area contributed by atoms with Crippen molar-refractivity contribution in [2.75, 3.05) is 6.61 Å². The van der Waals surface area contributed by atoms with Gasteiger partial charge in [-0.2, -0.15) is 0 Å². The molecule has 1 amide bonds. The quantitative estimate of drug-likeness (QED) is 0.613. The molecule has 0 aliphatic heterocycles. The number of carboxylic acid groups (broad SMARTS) is 1. The van der Waals surface area contributed by atoms with E-state index in [2.05, 4.69) is 12.2 Å². The average molecular weight is 321 g/mol. The fourth-order valence-electron chi connectivity index (χ4n) is 2.00. The van der Waals surface area contributed by atoms with Crippen LogP contribution in [0, 0.1) is 5.92 Å². The van der Waals surface area contributed by atoms with E-state index in [1.807, 2.05) is 12.1 Å². The molecule has 5 heteroatoms. The van der Waals surface area contributed by atoms with Crippen molar-refractivity contribution in [1.82, 2.24) is 5.32 Å². The number of unbranched alkanes of at least 4 members (excludes halogenated alkanes) is 3. The van der Waals surface area contributed by atoms with Crippen LogP contribution in [0.2, 0.25) is 0 Å². The monoisotopic (exact) mass is 321 g/mol. The molecule has 0 aliphatic rings. The molecule has 1 aromatic rings. The Morgan fingerprint density at radius 1 is 1.17 bits per heavy atom. The second kappa shape index (κ2) is 10.6. The van der Waals surface area contributed by atoms with Crippen LogP contribution in [0.1, 0.15) is 51.5 Å². The van der Waals surface area contributed by atoms with Gasteiger partial charge in [0.2, 0.25) is 5.91 Å². The van der Waals surface area contributed by atoms with E-state index >= 15 is 0 Å². The fourth-order valence-corrected chi connectivity index (χ4v) is 2.00. The first-order chi connectivity index (χ1) is 11.0. The molecule has 0 fully saturated rings. The van der Waals surface area contributed by atoms with Crippen LogP contribution in [-0.2, 0) is 16.1 Å². The third-order valence-corrected chi connectivity index (χ3v) is 3.59. The number of rotatable bonds is 11.